The number of hydrogen-bond donors (Lipinski definition) is 1. The minimum atomic E-state index is -0.683. The van der Waals surface area contributed by atoms with Gasteiger partial charge >= 0.3 is 5.97 Å². The molecule has 1 aromatic heterocycles. The second kappa shape index (κ2) is 4.84. The number of aromatic nitrogens is 1. The Morgan fingerprint density at radius 1 is 1.53 bits per heavy atom. The summed E-state index contributed by atoms with van der Waals surface area (Å²) in [5, 5.41) is 9.06. The molecule has 92 valence electrons. The lowest BCUT2D eigenvalue weighted by Crippen LogP contribution is -2.23. The minimum absolute atomic E-state index is 0.220. The van der Waals surface area contributed by atoms with E-state index < -0.39 is 5.97 Å². The molecule has 2 atom stereocenters. The monoisotopic (exact) mass is 234 g/mol. The van der Waals surface area contributed by atoms with Gasteiger partial charge in [-0.1, -0.05) is 13.0 Å². The Bertz CT molecular complexity index is 402. The van der Waals surface area contributed by atoms with Gasteiger partial charge in [-0.2, -0.15) is 0 Å². The number of rotatable bonds is 3. The van der Waals surface area contributed by atoms with Gasteiger partial charge in [0.15, 0.2) is 0 Å². The molecule has 2 unspecified atom stereocenters. The number of carbonyl (C=O) groups is 1. The molecule has 0 bridgehead atoms. The molecule has 1 aromatic rings. The van der Waals surface area contributed by atoms with Crippen molar-refractivity contribution < 1.29 is 9.90 Å². The van der Waals surface area contributed by atoms with Crippen molar-refractivity contribution in [2.45, 2.75) is 20.4 Å². The van der Waals surface area contributed by atoms with E-state index >= 15 is 0 Å². The van der Waals surface area contributed by atoms with Gasteiger partial charge in [-0.05, 0) is 24.5 Å². The average molecular weight is 234 g/mol. The van der Waals surface area contributed by atoms with E-state index in [1.807, 2.05) is 32.2 Å². The van der Waals surface area contributed by atoms with Crippen LogP contribution in [0.25, 0.3) is 0 Å². The van der Waals surface area contributed by atoms with Crippen molar-refractivity contribution in [1.29, 1.82) is 0 Å². The Labute approximate surface area is 101 Å². The van der Waals surface area contributed by atoms with Crippen molar-refractivity contribution in [2.24, 2.45) is 11.8 Å². The predicted octanol–water partition coefficient (Wildman–Crippen LogP) is 1.54. The number of aryl methyl sites for hydroxylation is 1. The number of nitrogens with zero attached hydrogens (tertiary/aromatic N) is 2. The predicted molar refractivity (Wildman–Crippen MR) is 64.5 cm³/mol. The topological polar surface area (TPSA) is 53.4 Å². The van der Waals surface area contributed by atoms with Crippen molar-refractivity contribution in [2.75, 3.05) is 13.1 Å². The molecular formula is C13H18N2O2. The number of aliphatic carboxylic acids is 1. The third-order valence-corrected chi connectivity index (χ3v) is 3.36. The molecule has 1 fully saturated rings. The summed E-state index contributed by atoms with van der Waals surface area (Å²) in [4.78, 5) is 17.5. The number of likely N-dealkylation sites (tertiary alicyclic amines) is 1. The van der Waals surface area contributed by atoms with Gasteiger partial charge in [-0.3, -0.25) is 14.7 Å². The van der Waals surface area contributed by atoms with Gasteiger partial charge in [0.25, 0.3) is 0 Å². The van der Waals surface area contributed by atoms with Crippen molar-refractivity contribution in [3.63, 3.8) is 0 Å². The summed E-state index contributed by atoms with van der Waals surface area (Å²) in [5.41, 5.74) is 2.15. The summed E-state index contributed by atoms with van der Waals surface area (Å²) < 4.78 is 0. The minimum Gasteiger partial charge on any atom is -0.481 e. The number of pyridine rings is 1. The summed E-state index contributed by atoms with van der Waals surface area (Å²) >= 11 is 0. The zero-order chi connectivity index (χ0) is 12.4. The first kappa shape index (κ1) is 12.0. The van der Waals surface area contributed by atoms with Crippen LogP contribution in [-0.4, -0.2) is 34.0 Å². The van der Waals surface area contributed by atoms with Crippen LogP contribution >= 0.6 is 0 Å². The SMILES string of the molecule is Cc1ccc(CN2CC(C)C(C(=O)O)C2)nc1. The highest BCUT2D eigenvalue weighted by molar-refractivity contribution is 5.71. The lowest BCUT2D eigenvalue weighted by Gasteiger charge is -2.14. The smallest absolute Gasteiger partial charge is 0.308 e. The molecule has 2 rings (SSSR count). The first-order valence-corrected chi connectivity index (χ1v) is 5.93. The van der Waals surface area contributed by atoms with Crippen molar-refractivity contribution in [3.05, 3.63) is 29.6 Å². The summed E-state index contributed by atoms with van der Waals surface area (Å²) in [5.74, 6) is -0.699. The molecule has 0 saturated carbocycles. The fourth-order valence-electron chi connectivity index (χ4n) is 2.34. The normalized spacial score (nSPS) is 25.1. The van der Waals surface area contributed by atoms with Gasteiger partial charge < -0.3 is 5.11 Å². The van der Waals surface area contributed by atoms with Crippen LogP contribution in [0.4, 0.5) is 0 Å². The Morgan fingerprint density at radius 2 is 2.29 bits per heavy atom. The van der Waals surface area contributed by atoms with Crippen LogP contribution in [-0.2, 0) is 11.3 Å². The van der Waals surface area contributed by atoms with Crippen LogP contribution in [0.5, 0.6) is 0 Å². The Kier molecular flexibility index (Phi) is 3.43. The van der Waals surface area contributed by atoms with E-state index in [1.54, 1.807) is 0 Å². The molecule has 4 nitrogen and oxygen atoms in total. The van der Waals surface area contributed by atoms with E-state index in [4.69, 9.17) is 5.11 Å². The molecule has 0 amide bonds. The average Bonchev–Trinajstić information content (AvgIpc) is 2.63. The van der Waals surface area contributed by atoms with Gasteiger partial charge in [-0.25, -0.2) is 0 Å². The molecular weight excluding hydrogens is 216 g/mol. The molecule has 0 aliphatic carbocycles. The second-order valence-electron chi connectivity index (χ2n) is 4.94. The molecule has 17 heavy (non-hydrogen) atoms. The maximum Gasteiger partial charge on any atom is 0.308 e. The highest BCUT2D eigenvalue weighted by Gasteiger charge is 2.34. The van der Waals surface area contributed by atoms with Crippen LogP contribution in [0.3, 0.4) is 0 Å². The van der Waals surface area contributed by atoms with E-state index in [0.717, 1.165) is 24.3 Å². The maximum atomic E-state index is 11.0. The van der Waals surface area contributed by atoms with Crippen molar-refractivity contribution in [3.8, 4) is 0 Å². The molecule has 4 heteroatoms. The number of carboxylic acid groups (broad SMARTS) is 1. The molecule has 1 aliphatic rings. The van der Waals surface area contributed by atoms with Crippen LogP contribution in [0.1, 0.15) is 18.2 Å². The Hall–Kier alpha value is -1.42. The fourth-order valence-corrected chi connectivity index (χ4v) is 2.34. The number of hydrogen-bond acceptors (Lipinski definition) is 3. The van der Waals surface area contributed by atoms with E-state index in [9.17, 15) is 4.79 Å². The second-order valence-corrected chi connectivity index (χ2v) is 4.94. The van der Waals surface area contributed by atoms with Gasteiger partial charge in [0, 0.05) is 25.8 Å². The largest absolute Gasteiger partial charge is 0.481 e. The van der Waals surface area contributed by atoms with Crippen LogP contribution in [0.2, 0.25) is 0 Å². The number of carboxylic acids is 1. The molecule has 0 spiro atoms. The zero-order valence-electron chi connectivity index (χ0n) is 10.3. The first-order chi connectivity index (χ1) is 8.06. The fraction of sp³-hybridized carbons (Fsp3) is 0.538. The third-order valence-electron chi connectivity index (χ3n) is 3.36. The highest BCUT2D eigenvalue weighted by atomic mass is 16.4. The summed E-state index contributed by atoms with van der Waals surface area (Å²) in [6, 6.07) is 4.05. The van der Waals surface area contributed by atoms with Gasteiger partial charge in [0.05, 0.1) is 11.6 Å². The van der Waals surface area contributed by atoms with E-state index in [2.05, 4.69) is 9.88 Å². The third kappa shape index (κ3) is 2.82. The highest BCUT2D eigenvalue weighted by Crippen LogP contribution is 2.24. The van der Waals surface area contributed by atoms with E-state index in [-0.39, 0.29) is 11.8 Å². The molecule has 1 saturated heterocycles. The maximum absolute atomic E-state index is 11.0. The Balaban J connectivity index is 1.97. The molecule has 1 aliphatic heterocycles. The lowest BCUT2D eigenvalue weighted by molar-refractivity contribution is -0.142. The van der Waals surface area contributed by atoms with Crippen molar-refractivity contribution in [1.82, 2.24) is 9.88 Å². The summed E-state index contributed by atoms with van der Waals surface area (Å²) in [6.45, 7) is 6.23. The zero-order valence-corrected chi connectivity index (χ0v) is 10.3. The lowest BCUT2D eigenvalue weighted by atomic mass is 9.99. The molecule has 1 N–H and O–H groups in total. The van der Waals surface area contributed by atoms with Crippen LogP contribution in [0, 0.1) is 18.8 Å². The summed E-state index contributed by atoms with van der Waals surface area (Å²) in [6.07, 6.45) is 1.85. The Morgan fingerprint density at radius 3 is 2.82 bits per heavy atom. The quantitative estimate of drug-likeness (QED) is 0.862. The molecule has 0 aromatic carbocycles. The van der Waals surface area contributed by atoms with E-state index in [1.165, 1.54) is 0 Å². The first-order valence-electron chi connectivity index (χ1n) is 5.93. The van der Waals surface area contributed by atoms with Crippen molar-refractivity contribution >= 4 is 5.97 Å². The molecule has 2 heterocycles. The van der Waals surface area contributed by atoms with Gasteiger partial charge in [0.1, 0.15) is 0 Å². The standard InChI is InChI=1S/C13H18N2O2/c1-9-3-4-11(14-5-9)7-15-6-10(2)12(8-15)13(16)17/h3-5,10,12H,6-8H2,1-2H3,(H,16,17). The van der Waals surface area contributed by atoms with Crippen LogP contribution in [0.15, 0.2) is 18.3 Å². The molecule has 0 radical (unpaired) electrons. The van der Waals surface area contributed by atoms with E-state index in [0.29, 0.717) is 6.54 Å². The van der Waals surface area contributed by atoms with Gasteiger partial charge in [0.2, 0.25) is 0 Å². The van der Waals surface area contributed by atoms with Gasteiger partial charge in [-0.15, -0.1) is 0 Å². The van der Waals surface area contributed by atoms with Crippen LogP contribution < -0.4 is 0 Å². The summed E-state index contributed by atoms with van der Waals surface area (Å²) in [7, 11) is 0.